The first kappa shape index (κ1) is 11.6. The first-order chi connectivity index (χ1) is 7.54. The lowest BCUT2D eigenvalue weighted by Gasteiger charge is -2.14. The van der Waals surface area contributed by atoms with Crippen LogP contribution in [0.5, 0.6) is 0 Å². The quantitative estimate of drug-likeness (QED) is 0.892. The number of carbonyl (C=O) groups is 1. The number of carbonyl (C=O) groups excluding carboxylic acids is 1. The fourth-order valence-electron chi connectivity index (χ4n) is 1.65. The molecule has 2 rings (SSSR count). The molecule has 0 spiro atoms. The van der Waals surface area contributed by atoms with E-state index in [0.29, 0.717) is 5.56 Å². The molecule has 1 fully saturated rings. The third-order valence-corrected chi connectivity index (χ3v) is 3.30. The van der Waals surface area contributed by atoms with E-state index in [9.17, 15) is 4.79 Å². The van der Waals surface area contributed by atoms with Crippen molar-refractivity contribution < 1.29 is 9.90 Å². The lowest BCUT2D eigenvalue weighted by Crippen LogP contribution is -2.39. The molecule has 1 aromatic carbocycles. The van der Waals surface area contributed by atoms with Crippen LogP contribution < -0.4 is 5.32 Å². The SMILES string of the molecule is Cc1cc(Br)cc(C(=O)NC2(CO)CC2)c1. The summed E-state index contributed by atoms with van der Waals surface area (Å²) in [4.78, 5) is 11.9. The summed E-state index contributed by atoms with van der Waals surface area (Å²) in [6, 6.07) is 5.58. The van der Waals surface area contributed by atoms with Crippen molar-refractivity contribution in [3.05, 3.63) is 33.8 Å². The zero-order chi connectivity index (χ0) is 11.8. The maximum Gasteiger partial charge on any atom is 0.251 e. The van der Waals surface area contributed by atoms with Crippen molar-refractivity contribution in [1.82, 2.24) is 5.32 Å². The number of benzene rings is 1. The molecule has 0 aliphatic heterocycles. The lowest BCUT2D eigenvalue weighted by molar-refractivity contribution is 0.0906. The van der Waals surface area contributed by atoms with E-state index >= 15 is 0 Å². The van der Waals surface area contributed by atoms with Crippen LogP contribution in [0.25, 0.3) is 0 Å². The molecule has 86 valence electrons. The highest BCUT2D eigenvalue weighted by Gasteiger charge is 2.43. The van der Waals surface area contributed by atoms with Crippen LogP contribution in [0.1, 0.15) is 28.8 Å². The van der Waals surface area contributed by atoms with Crippen LogP contribution in [0.4, 0.5) is 0 Å². The van der Waals surface area contributed by atoms with E-state index in [1.165, 1.54) is 0 Å². The van der Waals surface area contributed by atoms with Crippen molar-refractivity contribution in [3.8, 4) is 0 Å². The largest absolute Gasteiger partial charge is 0.394 e. The first-order valence-electron chi connectivity index (χ1n) is 5.25. The summed E-state index contributed by atoms with van der Waals surface area (Å²) in [5.41, 5.74) is 1.31. The minimum atomic E-state index is -0.354. The van der Waals surface area contributed by atoms with E-state index in [1.54, 1.807) is 6.07 Å². The molecule has 0 radical (unpaired) electrons. The highest BCUT2D eigenvalue weighted by atomic mass is 79.9. The molecule has 0 unspecified atom stereocenters. The Labute approximate surface area is 103 Å². The van der Waals surface area contributed by atoms with Gasteiger partial charge in [-0.3, -0.25) is 4.79 Å². The van der Waals surface area contributed by atoms with Crippen LogP contribution in [0.15, 0.2) is 22.7 Å². The van der Waals surface area contributed by atoms with Crippen LogP contribution in [-0.2, 0) is 0 Å². The van der Waals surface area contributed by atoms with Crippen molar-refractivity contribution in [2.24, 2.45) is 0 Å². The summed E-state index contributed by atoms with van der Waals surface area (Å²) in [5, 5.41) is 12.0. The van der Waals surface area contributed by atoms with Gasteiger partial charge in [0.25, 0.3) is 5.91 Å². The van der Waals surface area contributed by atoms with Gasteiger partial charge < -0.3 is 10.4 Å². The average molecular weight is 284 g/mol. The monoisotopic (exact) mass is 283 g/mol. The molecule has 0 aromatic heterocycles. The number of halogens is 1. The summed E-state index contributed by atoms with van der Waals surface area (Å²) in [5.74, 6) is -0.115. The van der Waals surface area contributed by atoms with Crippen LogP contribution in [0.2, 0.25) is 0 Å². The van der Waals surface area contributed by atoms with Crippen LogP contribution in [0.3, 0.4) is 0 Å². The zero-order valence-electron chi connectivity index (χ0n) is 9.09. The predicted octanol–water partition coefficient (Wildman–Crippen LogP) is 2.01. The molecule has 1 aromatic rings. The van der Waals surface area contributed by atoms with Gasteiger partial charge in [0, 0.05) is 10.0 Å². The van der Waals surface area contributed by atoms with E-state index in [-0.39, 0.29) is 18.1 Å². The van der Waals surface area contributed by atoms with Gasteiger partial charge in [0.05, 0.1) is 12.1 Å². The van der Waals surface area contributed by atoms with Crippen molar-refractivity contribution >= 4 is 21.8 Å². The Morgan fingerprint density at radius 2 is 2.19 bits per heavy atom. The first-order valence-corrected chi connectivity index (χ1v) is 6.05. The van der Waals surface area contributed by atoms with Crippen LogP contribution >= 0.6 is 15.9 Å². The van der Waals surface area contributed by atoms with E-state index in [0.717, 1.165) is 22.9 Å². The summed E-state index contributed by atoms with van der Waals surface area (Å²) >= 11 is 3.36. The van der Waals surface area contributed by atoms with E-state index in [4.69, 9.17) is 5.11 Å². The Kier molecular flexibility index (Phi) is 3.04. The van der Waals surface area contributed by atoms with Gasteiger partial charge in [0.15, 0.2) is 0 Å². The van der Waals surface area contributed by atoms with E-state index in [1.807, 2.05) is 19.1 Å². The molecule has 0 atom stereocenters. The Hall–Kier alpha value is -0.870. The molecule has 1 aliphatic carbocycles. The molecule has 3 nitrogen and oxygen atoms in total. The summed E-state index contributed by atoms with van der Waals surface area (Å²) in [6.07, 6.45) is 1.73. The Bertz CT molecular complexity index is 407. The van der Waals surface area contributed by atoms with E-state index < -0.39 is 0 Å². The minimum absolute atomic E-state index is 0.0196. The molecule has 0 heterocycles. The Balaban J connectivity index is 2.14. The molecule has 0 saturated heterocycles. The van der Waals surface area contributed by atoms with Gasteiger partial charge in [0.1, 0.15) is 0 Å². The normalized spacial score (nSPS) is 16.9. The second-order valence-electron chi connectivity index (χ2n) is 4.41. The number of hydrogen-bond donors (Lipinski definition) is 2. The number of nitrogens with one attached hydrogen (secondary N) is 1. The van der Waals surface area contributed by atoms with Gasteiger partial charge in [-0.2, -0.15) is 0 Å². The third-order valence-electron chi connectivity index (χ3n) is 2.84. The summed E-state index contributed by atoms with van der Waals surface area (Å²) in [6.45, 7) is 1.96. The van der Waals surface area contributed by atoms with Gasteiger partial charge in [-0.15, -0.1) is 0 Å². The summed E-state index contributed by atoms with van der Waals surface area (Å²) in [7, 11) is 0. The molecule has 2 N–H and O–H groups in total. The summed E-state index contributed by atoms with van der Waals surface area (Å²) < 4.78 is 0.895. The number of amides is 1. The van der Waals surface area contributed by atoms with Crippen molar-refractivity contribution in [2.75, 3.05) is 6.61 Å². The van der Waals surface area contributed by atoms with Gasteiger partial charge in [-0.05, 0) is 43.5 Å². The molecule has 1 amide bonds. The highest BCUT2D eigenvalue weighted by molar-refractivity contribution is 9.10. The molecule has 4 heteroatoms. The molecular weight excluding hydrogens is 270 g/mol. The number of aliphatic hydroxyl groups is 1. The van der Waals surface area contributed by atoms with Gasteiger partial charge >= 0.3 is 0 Å². The maximum atomic E-state index is 11.9. The number of aliphatic hydroxyl groups excluding tert-OH is 1. The molecule has 1 aliphatic rings. The van der Waals surface area contributed by atoms with Gasteiger partial charge in [-0.1, -0.05) is 15.9 Å². The fourth-order valence-corrected chi connectivity index (χ4v) is 2.26. The number of rotatable bonds is 3. The van der Waals surface area contributed by atoms with Crippen LogP contribution in [0, 0.1) is 6.92 Å². The van der Waals surface area contributed by atoms with Crippen LogP contribution in [-0.4, -0.2) is 23.2 Å². The minimum Gasteiger partial charge on any atom is -0.394 e. The van der Waals surface area contributed by atoms with Gasteiger partial charge in [0.2, 0.25) is 0 Å². The third kappa shape index (κ3) is 2.44. The number of hydrogen-bond acceptors (Lipinski definition) is 2. The molecular formula is C12H14BrNO2. The van der Waals surface area contributed by atoms with Gasteiger partial charge in [-0.25, -0.2) is 0 Å². The topological polar surface area (TPSA) is 49.3 Å². The Morgan fingerprint density at radius 1 is 1.50 bits per heavy atom. The molecule has 0 bridgehead atoms. The maximum absolute atomic E-state index is 11.9. The van der Waals surface area contributed by atoms with Crippen molar-refractivity contribution in [1.29, 1.82) is 0 Å². The highest BCUT2D eigenvalue weighted by Crippen LogP contribution is 2.34. The molecule has 1 saturated carbocycles. The smallest absolute Gasteiger partial charge is 0.251 e. The zero-order valence-corrected chi connectivity index (χ0v) is 10.7. The Morgan fingerprint density at radius 3 is 2.69 bits per heavy atom. The average Bonchev–Trinajstić information content (AvgIpc) is 2.97. The van der Waals surface area contributed by atoms with Crippen molar-refractivity contribution in [3.63, 3.8) is 0 Å². The van der Waals surface area contributed by atoms with E-state index in [2.05, 4.69) is 21.2 Å². The second kappa shape index (κ2) is 4.18. The number of aryl methyl sites for hydroxylation is 1. The lowest BCUT2D eigenvalue weighted by atomic mass is 10.1. The molecule has 16 heavy (non-hydrogen) atoms. The van der Waals surface area contributed by atoms with Crippen molar-refractivity contribution in [2.45, 2.75) is 25.3 Å². The predicted molar refractivity (Wildman–Crippen MR) is 65.4 cm³/mol. The second-order valence-corrected chi connectivity index (χ2v) is 5.33. The standard InChI is InChI=1S/C12H14BrNO2/c1-8-4-9(6-10(13)5-8)11(16)14-12(7-15)2-3-12/h4-6,15H,2-3,7H2,1H3,(H,14,16). The fraction of sp³-hybridized carbons (Fsp3) is 0.417.